The molecule has 1 N–H and O–H groups in total. The molecule has 0 bridgehead atoms. The molecule has 2 aromatic carbocycles. The summed E-state index contributed by atoms with van der Waals surface area (Å²) in [7, 11) is 0. The summed E-state index contributed by atoms with van der Waals surface area (Å²) in [6.45, 7) is 5.55. The minimum absolute atomic E-state index is 0.226. The van der Waals surface area contributed by atoms with E-state index in [1.54, 1.807) is 6.07 Å². The number of benzene rings is 2. The van der Waals surface area contributed by atoms with Gasteiger partial charge in [0, 0.05) is 23.8 Å². The molecule has 0 saturated heterocycles. The van der Waals surface area contributed by atoms with Gasteiger partial charge in [-0.3, -0.25) is 23.5 Å². The number of nitrogens with zero attached hydrogens (tertiary/aromatic N) is 2. The fourth-order valence-corrected chi connectivity index (χ4v) is 3.00. The molecule has 0 aliphatic heterocycles. The molecule has 0 unspecified atom stereocenters. The van der Waals surface area contributed by atoms with E-state index in [2.05, 4.69) is 5.32 Å². The molecule has 6 heteroatoms. The Morgan fingerprint density at radius 2 is 1.59 bits per heavy atom. The van der Waals surface area contributed by atoms with Gasteiger partial charge >= 0.3 is 11.1 Å². The molecule has 0 spiro atoms. The largest absolute Gasteiger partial charge is 0.325 e. The Morgan fingerprint density at radius 1 is 0.889 bits per heavy atom. The quantitative estimate of drug-likeness (QED) is 0.724. The lowest BCUT2D eigenvalue weighted by atomic mass is 10.1. The fraction of sp³-hybridized carbons (Fsp3) is 0.190. The summed E-state index contributed by atoms with van der Waals surface area (Å²) >= 11 is 0. The molecule has 0 atom stereocenters. The van der Waals surface area contributed by atoms with Crippen molar-refractivity contribution in [3.05, 3.63) is 92.3 Å². The second-order valence-electron chi connectivity index (χ2n) is 6.67. The van der Waals surface area contributed by atoms with Gasteiger partial charge in [-0.2, -0.15) is 0 Å². The number of aryl methyl sites for hydroxylation is 3. The molecule has 0 radical (unpaired) electrons. The highest BCUT2D eigenvalue weighted by Crippen LogP contribution is 2.12. The molecule has 0 aliphatic carbocycles. The number of rotatable bonds is 4. The van der Waals surface area contributed by atoms with Gasteiger partial charge in [0.05, 0.1) is 0 Å². The first-order valence-corrected chi connectivity index (χ1v) is 8.61. The zero-order valence-corrected chi connectivity index (χ0v) is 15.5. The Morgan fingerprint density at radius 3 is 2.26 bits per heavy atom. The van der Waals surface area contributed by atoms with Crippen LogP contribution in [0, 0.1) is 20.8 Å². The molecule has 0 fully saturated rings. The molecule has 1 aromatic heterocycles. The molecule has 1 heterocycles. The van der Waals surface area contributed by atoms with E-state index >= 15 is 0 Å². The highest BCUT2D eigenvalue weighted by molar-refractivity contribution is 5.90. The summed E-state index contributed by atoms with van der Waals surface area (Å²) in [5.74, 6) is -0.369. The third-order valence-electron chi connectivity index (χ3n) is 4.16. The smallest absolute Gasteiger partial charge is 0.320 e. The molecule has 6 nitrogen and oxygen atoms in total. The van der Waals surface area contributed by atoms with Crippen LogP contribution >= 0.6 is 0 Å². The van der Waals surface area contributed by atoms with Crippen LogP contribution in [0.25, 0.3) is 5.69 Å². The van der Waals surface area contributed by atoms with E-state index in [1.165, 1.54) is 17.0 Å². The molecule has 3 rings (SSSR count). The van der Waals surface area contributed by atoms with Gasteiger partial charge in [0.2, 0.25) is 5.91 Å². The molecule has 138 valence electrons. The van der Waals surface area contributed by atoms with Gasteiger partial charge in [0.1, 0.15) is 6.54 Å². The van der Waals surface area contributed by atoms with E-state index in [0.717, 1.165) is 21.3 Å². The first-order chi connectivity index (χ1) is 12.8. The molecule has 27 heavy (non-hydrogen) atoms. The summed E-state index contributed by atoms with van der Waals surface area (Å²) in [6.07, 6.45) is 2.97. The molecular weight excluding hydrogens is 342 g/mol. The summed E-state index contributed by atoms with van der Waals surface area (Å²) in [6, 6.07) is 13.0. The molecule has 0 saturated carbocycles. The number of anilines is 1. The Balaban J connectivity index is 1.86. The van der Waals surface area contributed by atoms with Crippen molar-refractivity contribution in [2.75, 3.05) is 5.32 Å². The zero-order valence-electron chi connectivity index (χ0n) is 15.5. The van der Waals surface area contributed by atoms with Gasteiger partial charge < -0.3 is 5.32 Å². The van der Waals surface area contributed by atoms with Crippen LogP contribution in [0.4, 0.5) is 5.69 Å². The van der Waals surface area contributed by atoms with Crippen LogP contribution in [0.5, 0.6) is 0 Å². The van der Waals surface area contributed by atoms with Crippen molar-refractivity contribution in [3.8, 4) is 5.69 Å². The third kappa shape index (κ3) is 4.23. The molecule has 0 aliphatic rings. The minimum Gasteiger partial charge on any atom is -0.325 e. The predicted molar refractivity (Wildman–Crippen MR) is 106 cm³/mol. The van der Waals surface area contributed by atoms with E-state index in [9.17, 15) is 14.4 Å². The van der Waals surface area contributed by atoms with Gasteiger partial charge in [0.25, 0.3) is 0 Å². The van der Waals surface area contributed by atoms with Crippen molar-refractivity contribution >= 4 is 11.6 Å². The third-order valence-corrected chi connectivity index (χ3v) is 4.16. The number of carbonyl (C=O) groups excluding carboxylic acids is 1. The van der Waals surface area contributed by atoms with Crippen molar-refractivity contribution in [1.82, 2.24) is 9.13 Å². The Hall–Kier alpha value is -3.41. The van der Waals surface area contributed by atoms with Crippen LogP contribution in [0.2, 0.25) is 0 Å². The van der Waals surface area contributed by atoms with Gasteiger partial charge in [-0.25, -0.2) is 0 Å². The van der Waals surface area contributed by atoms with E-state index in [1.807, 2.05) is 57.2 Å². The number of hydrogen-bond donors (Lipinski definition) is 1. The first kappa shape index (κ1) is 18.4. The molecule has 1 amide bonds. The Labute approximate surface area is 156 Å². The highest BCUT2D eigenvalue weighted by Gasteiger charge is 2.11. The number of aromatic nitrogens is 2. The maximum atomic E-state index is 12.5. The van der Waals surface area contributed by atoms with Gasteiger partial charge in [-0.1, -0.05) is 18.2 Å². The van der Waals surface area contributed by atoms with Crippen molar-refractivity contribution in [2.45, 2.75) is 27.3 Å². The number of amides is 1. The molecule has 3 aromatic rings. The predicted octanol–water partition coefficient (Wildman–Crippen LogP) is 2.56. The Kier molecular flexibility index (Phi) is 5.07. The Bertz CT molecular complexity index is 1110. The van der Waals surface area contributed by atoms with E-state index in [-0.39, 0.29) is 12.5 Å². The number of hydrogen-bond acceptors (Lipinski definition) is 3. The maximum Gasteiger partial charge on any atom is 0.320 e. The monoisotopic (exact) mass is 363 g/mol. The summed E-state index contributed by atoms with van der Waals surface area (Å²) in [4.78, 5) is 37.1. The average molecular weight is 363 g/mol. The standard InChI is InChI=1S/C21H21N3O3/c1-14-5-4-6-17(10-14)22-19(25)13-23-7-8-24(21(27)20(23)26)18-11-15(2)9-16(3)12-18/h4-12H,13H2,1-3H3,(H,22,25). The first-order valence-electron chi connectivity index (χ1n) is 8.61. The summed E-state index contributed by atoms with van der Waals surface area (Å²) < 4.78 is 2.42. The van der Waals surface area contributed by atoms with Crippen molar-refractivity contribution in [1.29, 1.82) is 0 Å². The van der Waals surface area contributed by atoms with E-state index in [4.69, 9.17) is 0 Å². The normalized spacial score (nSPS) is 10.6. The molecular formula is C21H21N3O3. The van der Waals surface area contributed by atoms with E-state index in [0.29, 0.717) is 11.4 Å². The number of nitrogens with one attached hydrogen (secondary N) is 1. The van der Waals surface area contributed by atoms with Crippen LogP contribution in [0.1, 0.15) is 16.7 Å². The lowest BCUT2D eigenvalue weighted by Gasteiger charge is -2.11. The van der Waals surface area contributed by atoms with Crippen LogP contribution in [0.3, 0.4) is 0 Å². The SMILES string of the molecule is Cc1cccc(NC(=O)Cn2ccn(-c3cc(C)cc(C)c3)c(=O)c2=O)c1. The second kappa shape index (κ2) is 7.45. The fourth-order valence-electron chi connectivity index (χ4n) is 3.00. The van der Waals surface area contributed by atoms with Crippen LogP contribution in [0.15, 0.2) is 64.4 Å². The average Bonchev–Trinajstić information content (AvgIpc) is 2.58. The second-order valence-corrected chi connectivity index (χ2v) is 6.67. The van der Waals surface area contributed by atoms with Crippen molar-refractivity contribution in [2.24, 2.45) is 0 Å². The van der Waals surface area contributed by atoms with Gasteiger partial charge in [0.15, 0.2) is 0 Å². The number of carbonyl (C=O) groups is 1. The van der Waals surface area contributed by atoms with Crippen molar-refractivity contribution < 1.29 is 4.79 Å². The minimum atomic E-state index is -0.740. The highest BCUT2D eigenvalue weighted by atomic mass is 16.2. The van der Waals surface area contributed by atoms with Crippen LogP contribution < -0.4 is 16.4 Å². The zero-order chi connectivity index (χ0) is 19.6. The van der Waals surface area contributed by atoms with Gasteiger partial charge in [-0.15, -0.1) is 0 Å². The lowest BCUT2D eigenvalue weighted by molar-refractivity contribution is -0.116. The van der Waals surface area contributed by atoms with Crippen LogP contribution in [-0.4, -0.2) is 15.0 Å². The lowest BCUT2D eigenvalue weighted by Crippen LogP contribution is -2.41. The van der Waals surface area contributed by atoms with Crippen molar-refractivity contribution in [3.63, 3.8) is 0 Å². The van der Waals surface area contributed by atoms with Gasteiger partial charge in [-0.05, 0) is 61.7 Å². The summed E-state index contributed by atoms with van der Waals surface area (Å²) in [5.41, 5.74) is 2.86. The maximum absolute atomic E-state index is 12.5. The topological polar surface area (TPSA) is 73.1 Å². The summed E-state index contributed by atoms with van der Waals surface area (Å²) in [5, 5.41) is 2.73. The van der Waals surface area contributed by atoms with Crippen LogP contribution in [-0.2, 0) is 11.3 Å². The van der Waals surface area contributed by atoms with E-state index < -0.39 is 11.1 Å².